The van der Waals surface area contributed by atoms with E-state index in [4.69, 9.17) is 0 Å². The van der Waals surface area contributed by atoms with Crippen LogP contribution in [-0.4, -0.2) is 34.0 Å². The van der Waals surface area contributed by atoms with E-state index >= 15 is 0 Å². The summed E-state index contributed by atoms with van der Waals surface area (Å²) in [4.78, 5) is 54.8. The number of nitrogens with one attached hydrogen (secondary N) is 1. The fourth-order valence-electron chi connectivity index (χ4n) is 5.14. The summed E-state index contributed by atoms with van der Waals surface area (Å²) in [7, 11) is 3.25. The maximum atomic E-state index is 14.7. The minimum atomic E-state index is -0.566. The van der Waals surface area contributed by atoms with Gasteiger partial charge in [0.1, 0.15) is 24.7 Å². The van der Waals surface area contributed by atoms with Crippen LogP contribution in [0.4, 0.5) is 21.5 Å². The highest BCUT2D eigenvalue weighted by atomic mass is 19.1. The second-order valence-corrected chi connectivity index (χ2v) is 9.96. The van der Waals surface area contributed by atoms with Crippen LogP contribution in [0.1, 0.15) is 31.7 Å². The highest BCUT2D eigenvalue weighted by Gasteiger charge is 2.31. The number of carbonyl (C=O) groups excluding carboxylic acids is 1. The molecule has 2 fully saturated rings. The molecule has 9 nitrogen and oxygen atoms in total. The molecule has 0 spiro atoms. The molecule has 0 bridgehead atoms. The summed E-state index contributed by atoms with van der Waals surface area (Å²) >= 11 is 0. The molecule has 38 heavy (non-hydrogen) atoms. The molecule has 192 valence electrons. The molecule has 11 heteroatoms. The number of fused-ring (bicyclic) bond motifs is 1. The molecular weight excluding hydrogens is 488 g/mol. The summed E-state index contributed by atoms with van der Waals surface area (Å²) in [6.45, 7) is 0.578. The zero-order valence-electron chi connectivity index (χ0n) is 21.0. The van der Waals surface area contributed by atoms with E-state index in [2.05, 4.69) is 5.32 Å². The number of hydrogen-bond acceptors (Lipinski definition) is 5. The van der Waals surface area contributed by atoms with Crippen molar-refractivity contribution in [1.82, 2.24) is 13.7 Å². The van der Waals surface area contributed by atoms with Crippen LogP contribution in [0.2, 0.25) is 0 Å². The normalized spacial score (nSPS) is 15.4. The lowest BCUT2D eigenvalue weighted by Gasteiger charge is -2.21. The number of benzene rings is 2. The molecule has 0 atom stereocenters. The first-order chi connectivity index (χ1) is 18.2. The summed E-state index contributed by atoms with van der Waals surface area (Å²) in [6.07, 6.45) is 2.57. The third-order valence-electron chi connectivity index (χ3n) is 7.23. The predicted octanol–water partition coefficient (Wildman–Crippen LogP) is 1.45. The smallest absolute Gasteiger partial charge is 0.337 e. The van der Waals surface area contributed by atoms with Crippen molar-refractivity contribution in [2.75, 3.05) is 16.8 Å². The number of aryl methyl sites for hydroxylation is 1. The van der Waals surface area contributed by atoms with E-state index in [0.717, 1.165) is 11.9 Å². The Labute approximate surface area is 217 Å². The molecule has 3 heterocycles. The Morgan fingerprint density at radius 3 is 2.42 bits per heavy atom. The van der Waals surface area contributed by atoms with E-state index in [1.54, 1.807) is 49.1 Å². The van der Waals surface area contributed by atoms with Crippen LogP contribution in [0, 0.1) is 5.82 Å². The monoisotopic (exact) mass is 513 g/mol. The van der Waals surface area contributed by atoms with E-state index in [9.17, 15) is 23.6 Å². The number of halogens is 1. The Hall–Kier alpha value is -4.41. The van der Waals surface area contributed by atoms with E-state index in [1.807, 2.05) is 0 Å². The fourth-order valence-corrected chi connectivity index (χ4v) is 5.14. The molecule has 1 N–H and O–H groups in total. The van der Waals surface area contributed by atoms with Crippen LogP contribution in [0.5, 0.6) is 0 Å². The minimum absolute atomic E-state index is 0.00122. The molecule has 1 saturated heterocycles. The fraction of sp³-hybridized carbons (Fsp3) is 0.259. The van der Waals surface area contributed by atoms with E-state index in [0.29, 0.717) is 37.2 Å². The van der Waals surface area contributed by atoms with Gasteiger partial charge in [-0.1, -0.05) is 17.6 Å². The molecule has 0 radical (unpaired) electrons. The summed E-state index contributed by atoms with van der Waals surface area (Å²) < 4.78 is 18.6. The third kappa shape index (κ3) is 3.85. The summed E-state index contributed by atoms with van der Waals surface area (Å²) in [5, 5.41) is 3.03. The quantitative estimate of drug-likeness (QED) is 0.408. The molecular formula is C27H25BFN5O4. The number of hydrogen-bond donors (Lipinski definition) is 1. The second-order valence-electron chi connectivity index (χ2n) is 9.96. The molecule has 4 aromatic rings. The Balaban J connectivity index is 1.66. The molecule has 6 rings (SSSR count). The van der Waals surface area contributed by atoms with Crippen LogP contribution in [0.15, 0.2) is 62.9 Å². The van der Waals surface area contributed by atoms with Gasteiger partial charge in [0, 0.05) is 37.8 Å². The molecule has 1 aliphatic carbocycles. The number of anilines is 3. The average molecular weight is 513 g/mol. The van der Waals surface area contributed by atoms with Gasteiger partial charge in [0.2, 0.25) is 5.91 Å². The number of nitrogens with zero attached hydrogens (tertiary/aromatic N) is 4. The summed E-state index contributed by atoms with van der Waals surface area (Å²) in [5.74, 6) is -0.529. The third-order valence-corrected chi connectivity index (χ3v) is 7.23. The van der Waals surface area contributed by atoms with Crippen LogP contribution >= 0.6 is 0 Å². The molecule has 2 aliphatic rings. The zero-order chi connectivity index (χ0) is 26.7. The Bertz CT molecular complexity index is 1820. The molecule has 1 aliphatic heterocycles. The molecule has 2 aromatic carbocycles. The lowest BCUT2D eigenvalue weighted by molar-refractivity contribution is -0.117. The van der Waals surface area contributed by atoms with Gasteiger partial charge in [-0.05, 0) is 49.6 Å². The maximum Gasteiger partial charge on any atom is 0.337 e. The van der Waals surface area contributed by atoms with Crippen molar-refractivity contribution in [3.63, 3.8) is 0 Å². The lowest BCUT2D eigenvalue weighted by Crippen LogP contribution is -2.41. The maximum absolute atomic E-state index is 14.7. The van der Waals surface area contributed by atoms with Gasteiger partial charge in [0.15, 0.2) is 0 Å². The molecule has 0 unspecified atom stereocenters. The number of rotatable bonds is 5. The number of amides is 1. The topological polar surface area (TPSA) is 98.3 Å². The lowest BCUT2D eigenvalue weighted by atomic mass is 9.96. The zero-order valence-corrected chi connectivity index (χ0v) is 21.0. The molecule has 1 saturated carbocycles. The average Bonchev–Trinajstić information content (AvgIpc) is 3.62. The van der Waals surface area contributed by atoms with Gasteiger partial charge in [-0.3, -0.25) is 23.5 Å². The number of aromatic nitrogens is 3. The highest BCUT2D eigenvalue weighted by Crippen LogP contribution is 2.34. The van der Waals surface area contributed by atoms with Crippen molar-refractivity contribution in [2.24, 2.45) is 7.05 Å². The van der Waals surface area contributed by atoms with Crippen molar-refractivity contribution in [3.05, 3.63) is 85.5 Å². The summed E-state index contributed by atoms with van der Waals surface area (Å²) in [6, 6.07) is 12.6. The highest BCUT2D eigenvalue weighted by molar-refractivity contribution is 6.32. The Kier molecular flexibility index (Phi) is 5.59. The van der Waals surface area contributed by atoms with Gasteiger partial charge in [-0.2, -0.15) is 0 Å². The van der Waals surface area contributed by atoms with Gasteiger partial charge in [-0.15, -0.1) is 0 Å². The Morgan fingerprint density at radius 2 is 1.74 bits per heavy atom. The SMILES string of the molecule is Bc1ccc(Nc2cc(=O)n(C)c3c2c(=O)n(C2CC2)c(=O)n3-c2cccc(N3CCCC3=O)c2)c(F)c1. The van der Waals surface area contributed by atoms with Crippen molar-refractivity contribution in [1.29, 1.82) is 0 Å². The van der Waals surface area contributed by atoms with Crippen LogP contribution in [-0.2, 0) is 11.8 Å². The molecule has 2 aromatic heterocycles. The number of pyridine rings is 1. The first kappa shape index (κ1) is 24.0. The van der Waals surface area contributed by atoms with E-state index in [-0.39, 0.29) is 34.4 Å². The standard InChI is InChI=1S/C27H25BFN5O4/c1-31-23(36)14-21(30-20-10-7-15(28)12-19(20)29)24-25(31)33(27(38)34(26(24)37)16-8-9-16)18-5-2-4-17(13-18)32-11-3-6-22(32)35/h2,4-5,7,10,12-14,16,30H,3,6,8-9,11,28H2,1H3. The Morgan fingerprint density at radius 1 is 0.974 bits per heavy atom. The first-order valence-corrected chi connectivity index (χ1v) is 12.6. The number of carbonyl (C=O) groups is 1. The first-order valence-electron chi connectivity index (χ1n) is 12.6. The van der Waals surface area contributed by atoms with Crippen LogP contribution in [0.25, 0.3) is 16.7 Å². The molecule has 1 amide bonds. The van der Waals surface area contributed by atoms with Gasteiger partial charge < -0.3 is 10.2 Å². The summed E-state index contributed by atoms with van der Waals surface area (Å²) in [5.41, 5.74) is 0.501. The van der Waals surface area contributed by atoms with E-state index in [1.165, 1.54) is 32.9 Å². The minimum Gasteiger partial charge on any atom is -0.352 e. The van der Waals surface area contributed by atoms with Crippen LogP contribution in [0.3, 0.4) is 0 Å². The van der Waals surface area contributed by atoms with Gasteiger partial charge in [0.05, 0.1) is 17.1 Å². The van der Waals surface area contributed by atoms with Crippen molar-refractivity contribution in [3.8, 4) is 5.69 Å². The van der Waals surface area contributed by atoms with Crippen molar-refractivity contribution in [2.45, 2.75) is 31.7 Å². The van der Waals surface area contributed by atoms with E-state index < -0.39 is 22.6 Å². The largest absolute Gasteiger partial charge is 0.352 e. The van der Waals surface area contributed by atoms with Gasteiger partial charge >= 0.3 is 5.69 Å². The van der Waals surface area contributed by atoms with Gasteiger partial charge in [-0.25, -0.2) is 13.8 Å². The van der Waals surface area contributed by atoms with Crippen molar-refractivity contribution < 1.29 is 9.18 Å². The second kappa shape index (κ2) is 8.86. The van der Waals surface area contributed by atoms with Crippen molar-refractivity contribution >= 4 is 47.3 Å². The predicted molar refractivity (Wildman–Crippen MR) is 147 cm³/mol. The van der Waals surface area contributed by atoms with Crippen LogP contribution < -0.4 is 32.5 Å². The van der Waals surface area contributed by atoms with Gasteiger partial charge in [0.25, 0.3) is 11.1 Å².